The molecule has 27 heavy (non-hydrogen) atoms. The topological polar surface area (TPSA) is 117 Å². The minimum Gasteiger partial charge on any atom is -0.405 e. The third kappa shape index (κ3) is 6.99. The van der Waals surface area contributed by atoms with Gasteiger partial charge in [0.15, 0.2) is 0 Å². The minimum atomic E-state index is -4.30. The molecule has 0 saturated carbocycles. The standard InChI is InChI=1S/C16H16ClN2O7P/c1-12(18-24-11-13-5-3-2-4-6-13)16(20)26-27(17,23)25-15-9-7-14(8-10-15)19(21)22/h2-10,12,18H,11H2,1H3/t12-,27?/m0/s1. The van der Waals surface area contributed by atoms with Crippen molar-refractivity contribution in [1.29, 1.82) is 0 Å². The van der Waals surface area contributed by atoms with Crippen LogP contribution in [0.25, 0.3) is 0 Å². The zero-order chi connectivity index (χ0) is 19.9. The van der Waals surface area contributed by atoms with E-state index in [4.69, 9.17) is 20.6 Å². The SMILES string of the molecule is C[C@H](NOCc1ccccc1)C(=O)OP(=O)(Cl)Oc1ccc([N+](=O)[O-])cc1. The number of carbonyl (C=O) groups excluding carboxylic acids is 1. The van der Waals surface area contributed by atoms with E-state index in [0.717, 1.165) is 17.7 Å². The Bertz CT molecular complexity index is 832. The second-order valence-electron chi connectivity index (χ2n) is 5.30. The van der Waals surface area contributed by atoms with E-state index in [2.05, 4.69) is 10.0 Å². The molecule has 0 saturated heterocycles. The Kier molecular flexibility index (Phi) is 7.32. The molecule has 0 aliphatic rings. The number of nitro benzene ring substituents is 1. The molecule has 0 radical (unpaired) electrons. The lowest BCUT2D eigenvalue weighted by Crippen LogP contribution is -2.34. The number of nitrogens with zero attached hydrogens (tertiary/aromatic N) is 1. The first-order chi connectivity index (χ1) is 12.8. The molecule has 11 heteroatoms. The van der Waals surface area contributed by atoms with Crippen molar-refractivity contribution in [3.8, 4) is 5.75 Å². The molecule has 2 rings (SSSR count). The molecule has 0 spiro atoms. The predicted octanol–water partition coefficient (Wildman–Crippen LogP) is 3.97. The minimum absolute atomic E-state index is 0.0485. The van der Waals surface area contributed by atoms with Crippen molar-refractivity contribution < 1.29 is 28.2 Å². The van der Waals surface area contributed by atoms with E-state index in [9.17, 15) is 19.5 Å². The van der Waals surface area contributed by atoms with Crippen LogP contribution in [-0.4, -0.2) is 16.9 Å². The van der Waals surface area contributed by atoms with Gasteiger partial charge in [-0.05, 0) is 24.6 Å². The maximum absolute atomic E-state index is 12.1. The van der Waals surface area contributed by atoms with E-state index in [1.165, 1.54) is 19.1 Å². The van der Waals surface area contributed by atoms with Crippen LogP contribution in [0.1, 0.15) is 12.5 Å². The van der Waals surface area contributed by atoms with Crippen LogP contribution in [0.15, 0.2) is 54.6 Å². The maximum atomic E-state index is 12.1. The van der Waals surface area contributed by atoms with Crippen LogP contribution >= 0.6 is 18.2 Å². The van der Waals surface area contributed by atoms with Crippen molar-refractivity contribution >= 4 is 29.8 Å². The summed E-state index contributed by atoms with van der Waals surface area (Å²) in [5, 5.41) is 10.6. The van der Waals surface area contributed by atoms with Crippen LogP contribution in [0.5, 0.6) is 5.75 Å². The number of hydrogen-bond donors (Lipinski definition) is 1. The van der Waals surface area contributed by atoms with Gasteiger partial charge in [0, 0.05) is 23.4 Å². The van der Waals surface area contributed by atoms with Gasteiger partial charge in [-0.15, -0.1) is 0 Å². The van der Waals surface area contributed by atoms with Crippen LogP contribution in [-0.2, 0) is 25.3 Å². The van der Waals surface area contributed by atoms with Gasteiger partial charge in [-0.2, -0.15) is 5.48 Å². The van der Waals surface area contributed by atoms with Crippen molar-refractivity contribution in [2.24, 2.45) is 0 Å². The van der Waals surface area contributed by atoms with Gasteiger partial charge in [0.2, 0.25) is 0 Å². The Morgan fingerprint density at radius 3 is 2.44 bits per heavy atom. The number of halogens is 1. The number of nitrogens with one attached hydrogen (secondary N) is 1. The average Bonchev–Trinajstić information content (AvgIpc) is 2.62. The summed E-state index contributed by atoms with van der Waals surface area (Å²) in [7, 11) is 0. The molecule has 2 aromatic rings. The highest BCUT2D eigenvalue weighted by Gasteiger charge is 2.30. The second-order valence-corrected chi connectivity index (χ2v) is 7.77. The van der Waals surface area contributed by atoms with Crippen molar-refractivity contribution in [2.45, 2.75) is 19.6 Å². The van der Waals surface area contributed by atoms with E-state index in [-0.39, 0.29) is 18.0 Å². The third-order valence-corrected chi connectivity index (χ3v) is 4.40. The van der Waals surface area contributed by atoms with E-state index >= 15 is 0 Å². The second kappa shape index (κ2) is 9.48. The highest BCUT2D eigenvalue weighted by molar-refractivity contribution is 7.82. The lowest BCUT2D eigenvalue weighted by atomic mass is 10.2. The normalized spacial score (nSPS) is 14.0. The van der Waals surface area contributed by atoms with E-state index in [1.54, 1.807) is 0 Å². The van der Waals surface area contributed by atoms with Crippen molar-refractivity contribution in [3.05, 3.63) is 70.3 Å². The quantitative estimate of drug-likeness (QED) is 0.372. The summed E-state index contributed by atoms with van der Waals surface area (Å²) in [6, 6.07) is 12.9. The molecular formula is C16H16ClN2O7P. The fourth-order valence-electron chi connectivity index (χ4n) is 1.83. The van der Waals surface area contributed by atoms with Crippen molar-refractivity contribution in [1.82, 2.24) is 5.48 Å². The maximum Gasteiger partial charge on any atom is 0.532 e. The van der Waals surface area contributed by atoms with E-state index in [1.807, 2.05) is 30.3 Å². The molecule has 0 bridgehead atoms. The Morgan fingerprint density at radius 1 is 1.22 bits per heavy atom. The predicted molar refractivity (Wildman–Crippen MR) is 97.1 cm³/mol. The number of benzene rings is 2. The highest BCUT2D eigenvalue weighted by Crippen LogP contribution is 2.53. The van der Waals surface area contributed by atoms with Crippen LogP contribution in [0.3, 0.4) is 0 Å². The van der Waals surface area contributed by atoms with E-state index in [0.29, 0.717) is 0 Å². The highest BCUT2D eigenvalue weighted by atomic mass is 35.7. The molecular weight excluding hydrogens is 399 g/mol. The molecule has 2 atom stereocenters. The molecule has 0 fully saturated rings. The first-order valence-corrected chi connectivity index (χ1v) is 10.1. The van der Waals surface area contributed by atoms with Crippen LogP contribution in [0, 0.1) is 10.1 Å². The molecule has 0 aliphatic carbocycles. The Morgan fingerprint density at radius 2 is 1.85 bits per heavy atom. The number of non-ortho nitro benzene ring substituents is 1. The van der Waals surface area contributed by atoms with Crippen molar-refractivity contribution in [3.63, 3.8) is 0 Å². The largest absolute Gasteiger partial charge is 0.532 e. The molecule has 1 N–H and O–H groups in total. The van der Waals surface area contributed by atoms with Gasteiger partial charge < -0.3 is 9.05 Å². The van der Waals surface area contributed by atoms with Crippen molar-refractivity contribution in [2.75, 3.05) is 0 Å². The number of hydroxylamine groups is 1. The zero-order valence-corrected chi connectivity index (χ0v) is 15.8. The first kappa shape index (κ1) is 20.9. The van der Waals surface area contributed by atoms with Crippen LogP contribution in [0.2, 0.25) is 0 Å². The monoisotopic (exact) mass is 414 g/mol. The molecule has 0 amide bonds. The molecule has 1 unspecified atom stereocenters. The van der Waals surface area contributed by atoms with Gasteiger partial charge in [0.1, 0.15) is 11.8 Å². The Balaban J connectivity index is 1.83. The number of carbonyl (C=O) groups is 1. The third-order valence-electron chi connectivity index (χ3n) is 3.16. The summed E-state index contributed by atoms with van der Waals surface area (Å²) in [5.41, 5.74) is 3.15. The van der Waals surface area contributed by atoms with Gasteiger partial charge in [0.25, 0.3) is 5.69 Å². The fraction of sp³-hybridized carbons (Fsp3) is 0.188. The summed E-state index contributed by atoms with van der Waals surface area (Å²) >= 11 is 5.63. The summed E-state index contributed by atoms with van der Waals surface area (Å²) in [6.45, 7) is -2.66. The molecule has 0 aliphatic heterocycles. The summed E-state index contributed by atoms with van der Waals surface area (Å²) in [4.78, 5) is 27.1. The van der Waals surface area contributed by atoms with Gasteiger partial charge in [0.05, 0.1) is 11.5 Å². The number of nitro groups is 1. The lowest BCUT2D eigenvalue weighted by Gasteiger charge is -2.16. The number of rotatable bonds is 9. The fourth-order valence-corrected chi connectivity index (χ4v) is 3.06. The van der Waals surface area contributed by atoms with Gasteiger partial charge in [-0.25, -0.2) is 9.36 Å². The summed E-state index contributed by atoms with van der Waals surface area (Å²) < 4.78 is 21.7. The first-order valence-electron chi connectivity index (χ1n) is 7.65. The molecule has 144 valence electrons. The lowest BCUT2D eigenvalue weighted by molar-refractivity contribution is -0.384. The zero-order valence-electron chi connectivity index (χ0n) is 14.1. The molecule has 0 heterocycles. The summed E-state index contributed by atoms with van der Waals surface area (Å²) in [5.74, 6) is -1.00. The molecule has 9 nitrogen and oxygen atoms in total. The average molecular weight is 415 g/mol. The molecule has 2 aromatic carbocycles. The number of hydrogen-bond acceptors (Lipinski definition) is 8. The Hall–Kier alpha value is -2.45. The Labute approximate surface area is 159 Å². The molecule has 0 aromatic heterocycles. The van der Waals surface area contributed by atoms with Crippen LogP contribution in [0.4, 0.5) is 5.69 Å². The van der Waals surface area contributed by atoms with Gasteiger partial charge >= 0.3 is 12.9 Å². The summed E-state index contributed by atoms with van der Waals surface area (Å²) in [6.07, 6.45) is 0. The van der Waals surface area contributed by atoms with Crippen LogP contribution < -0.4 is 10.0 Å². The van der Waals surface area contributed by atoms with Gasteiger partial charge in [-0.1, -0.05) is 30.3 Å². The smallest absolute Gasteiger partial charge is 0.405 e. The van der Waals surface area contributed by atoms with Gasteiger partial charge in [-0.3, -0.25) is 15.0 Å². The van der Waals surface area contributed by atoms with E-state index < -0.39 is 23.9 Å².